The van der Waals surface area contributed by atoms with E-state index in [-0.39, 0.29) is 6.04 Å². The minimum atomic E-state index is -2.91. The summed E-state index contributed by atoms with van der Waals surface area (Å²) in [4.78, 5) is 3.87. The van der Waals surface area contributed by atoms with E-state index in [1.165, 1.54) is 11.4 Å². The number of aromatic nitrogens is 1. The Hall–Kier alpha value is 0.230. The Kier molecular flexibility index (Phi) is 7.15. The van der Waals surface area contributed by atoms with Gasteiger partial charge in [0, 0.05) is 11.8 Å². The van der Waals surface area contributed by atoms with E-state index in [0.717, 1.165) is 5.56 Å². The Morgan fingerprint density at radius 3 is 2.47 bits per heavy atom. The Morgan fingerprint density at radius 1 is 1.42 bits per heavy atom. The fourth-order valence-corrected chi connectivity index (χ4v) is 5.90. The van der Waals surface area contributed by atoms with Crippen molar-refractivity contribution in [3.63, 3.8) is 0 Å². The lowest BCUT2D eigenvalue weighted by Gasteiger charge is -2.20. The minimum Gasteiger partial charge on any atom is -0.310 e. The molecule has 1 aromatic heterocycles. The first kappa shape index (κ1) is 17.3. The van der Waals surface area contributed by atoms with Crippen molar-refractivity contribution in [2.75, 3.05) is 6.61 Å². The van der Waals surface area contributed by atoms with E-state index in [4.69, 9.17) is 27.7 Å². The van der Waals surface area contributed by atoms with E-state index in [1.54, 1.807) is 12.1 Å². The van der Waals surface area contributed by atoms with Crippen LogP contribution in [-0.4, -0.2) is 17.6 Å². The number of nitrogens with zero attached hydrogens (tertiary/aromatic N) is 1. The Morgan fingerprint density at radius 2 is 2.00 bits per heavy atom. The van der Waals surface area contributed by atoms with Crippen molar-refractivity contribution in [3.05, 3.63) is 28.0 Å². The average molecular weight is 343 g/mol. The van der Waals surface area contributed by atoms with Crippen LogP contribution in [-0.2, 0) is 14.8 Å². The molecule has 0 amide bonds. The molecule has 0 bridgehead atoms. The summed E-state index contributed by atoms with van der Waals surface area (Å²) in [6.45, 7) is 3.14. The van der Waals surface area contributed by atoms with Gasteiger partial charge in [-0.1, -0.05) is 23.2 Å². The van der Waals surface area contributed by atoms with Gasteiger partial charge in [-0.05, 0) is 49.8 Å². The molecule has 19 heavy (non-hydrogen) atoms. The number of hydrogen-bond acceptors (Lipinski definition) is 4. The molecule has 8 heteroatoms. The normalized spacial score (nSPS) is 14.6. The van der Waals surface area contributed by atoms with Gasteiger partial charge in [-0.2, -0.15) is 0 Å². The summed E-state index contributed by atoms with van der Waals surface area (Å²) in [5, 5.41) is 3.62. The number of hydrogen-bond donors (Lipinski definition) is 1. The van der Waals surface area contributed by atoms with Crippen LogP contribution in [0, 0.1) is 0 Å². The smallest absolute Gasteiger partial charge is 0.310 e. The van der Waals surface area contributed by atoms with E-state index < -0.39 is 6.72 Å². The van der Waals surface area contributed by atoms with Gasteiger partial charge in [0.1, 0.15) is 10.3 Å². The zero-order valence-corrected chi connectivity index (χ0v) is 14.2. The first-order valence-electron chi connectivity index (χ1n) is 5.83. The van der Waals surface area contributed by atoms with Crippen molar-refractivity contribution >= 4 is 41.3 Å². The van der Waals surface area contributed by atoms with Crippen LogP contribution >= 0.6 is 41.3 Å². The number of nitrogens with one attached hydrogen (secondary N) is 1. The van der Waals surface area contributed by atoms with Gasteiger partial charge in [0.2, 0.25) is 0 Å². The van der Waals surface area contributed by atoms with Crippen LogP contribution in [0.25, 0.3) is 0 Å². The van der Waals surface area contributed by atoms with Gasteiger partial charge in [-0.15, -0.1) is 0 Å². The molecule has 0 saturated heterocycles. The molecular weight excluding hydrogens is 326 g/mol. The third kappa shape index (κ3) is 6.48. The number of halogens is 2. The largest absolute Gasteiger partial charge is 0.327 e. The summed E-state index contributed by atoms with van der Waals surface area (Å²) in [5.41, 5.74) is 0.862. The zero-order valence-electron chi connectivity index (χ0n) is 11.0. The molecule has 0 aliphatic carbocycles. The first-order valence-corrected chi connectivity index (χ1v) is 9.80. The van der Waals surface area contributed by atoms with Crippen LogP contribution in [0.4, 0.5) is 0 Å². The highest BCUT2D eigenvalue weighted by Gasteiger charge is 2.24. The fraction of sp³-hybridized carbons (Fsp3) is 0.545. The Balaban J connectivity index is 2.73. The highest BCUT2D eigenvalue weighted by atomic mass is 35.5. The van der Waals surface area contributed by atoms with Crippen molar-refractivity contribution in [1.29, 1.82) is 0 Å². The summed E-state index contributed by atoms with van der Waals surface area (Å²) in [6, 6.07) is 3.48. The predicted molar refractivity (Wildman–Crippen MR) is 83.1 cm³/mol. The molecule has 0 spiro atoms. The number of pyridine rings is 1. The summed E-state index contributed by atoms with van der Waals surface area (Å²) < 4.78 is 17.9. The third-order valence-electron chi connectivity index (χ3n) is 1.94. The van der Waals surface area contributed by atoms with E-state index in [0.29, 0.717) is 22.7 Å². The molecule has 0 unspecified atom stereocenters. The summed E-state index contributed by atoms with van der Waals surface area (Å²) in [5.74, 6) is 0.485. The van der Waals surface area contributed by atoms with Crippen LogP contribution in [0.1, 0.15) is 26.3 Å². The minimum absolute atomic E-state index is 0.0782. The SMILES string of the molecule is CCO[P@@](=O)(NC(C)C)SCc1cc(Cl)nc(Cl)c1. The van der Waals surface area contributed by atoms with E-state index >= 15 is 0 Å². The average Bonchev–Trinajstić information content (AvgIpc) is 2.24. The van der Waals surface area contributed by atoms with Gasteiger partial charge in [0.05, 0.1) is 6.61 Å². The highest BCUT2D eigenvalue weighted by molar-refractivity contribution is 8.55. The predicted octanol–water partition coefficient (Wildman–Crippen LogP) is 4.76. The van der Waals surface area contributed by atoms with Gasteiger partial charge < -0.3 is 4.52 Å². The lowest BCUT2D eigenvalue weighted by atomic mass is 10.3. The quantitative estimate of drug-likeness (QED) is 0.571. The Labute approximate surface area is 127 Å². The van der Waals surface area contributed by atoms with Gasteiger partial charge >= 0.3 is 6.72 Å². The van der Waals surface area contributed by atoms with Gasteiger partial charge in [-0.3, -0.25) is 4.57 Å². The van der Waals surface area contributed by atoms with Crippen LogP contribution < -0.4 is 5.09 Å². The van der Waals surface area contributed by atoms with E-state index in [9.17, 15) is 4.57 Å². The second-order valence-corrected chi connectivity index (χ2v) is 9.14. The molecule has 1 atom stereocenters. The molecule has 0 saturated carbocycles. The molecule has 0 aliphatic heterocycles. The van der Waals surface area contributed by atoms with Crippen molar-refractivity contribution in [3.8, 4) is 0 Å². The molecule has 1 rings (SSSR count). The van der Waals surface area contributed by atoms with Crippen LogP contribution in [0.15, 0.2) is 12.1 Å². The van der Waals surface area contributed by atoms with E-state index in [1.807, 2.05) is 20.8 Å². The first-order chi connectivity index (χ1) is 8.84. The lowest BCUT2D eigenvalue weighted by Crippen LogP contribution is -2.19. The van der Waals surface area contributed by atoms with Crippen LogP contribution in [0.5, 0.6) is 0 Å². The monoisotopic (exact) mass is 342 g/mol. The van der Waals surface area contributed by atoms with Crippen LogP contribution in [0.2, 0.25) is 10.3 Å². The summed E-state index contributed by atoms with van der Waals surface area (Å²) >= 11 is 12.9. The molecule has 4 nitrogen and oxygen atoms in total. The standard InChI is InChI=1S/C11H17Cl2N2O2PS/c1-4-17-18(16,15-8(2)3)19-7-9-5-10(12)14-11(13)6-9/h5-6,8H,4,7H2,1-3H3,(H,15,16)/t18-/m0/s1. The molecule has 0 fully saturated rings. The molecule has 1 N–H and O–H groups in total. The van der Waals surface area contributed by atoms with Crippen molar-refractivity contribution in [2.24, 2.45) is 0 Å². The van der Waals surface area contributed by atoms with Crippen molar-refractivity contribution in [1.82, 2.24) is 10.1 Å². The molecule has 108 valence electrons. The highest BCUT2D eigenvalue weighted by Crippen LogP contribution is 2.57. The molecule has 0 radical (unpaired) electrons. The fourth-order valence-electron chi connectivity index (χ4n) is 1.36. The molecular formula is C11H17Cl2N2O2PS. The Bertz CT molecular complexity index is 454. The maximum absolute atomic E-state index is 12.5. The second kappa shape index (κ2) is 7.87. The number of rotatable bonds is 7. The second-order valence-electron chi connectivity index (χ2n) is 4.09. The lowest BCUT2D eigenvalue weighted by molar-refractivity contribution is 0.335. The van der Waals surface area contributed by atoms with Gasteiger partial charge in [0.15, 0.2) is 0 Å². The topological polar surface area (TPSA) is 51.2 Å². The summed E-state index contributed by atoms with van der Waals surface area (Å²) in [6.07, 6.45) is 0. The molecule has 0 aliphatic rings. The van der Waals surface area contributed by atoms with E-state index in [2.05, 4.69) is 10.1 Å². The summed E-state index contributed by atoms with van der Waals surface area (Å²) in [7, 11) is 0. The van der Waals surface area contributed by atoms with Gasteiger partial charge in [0.25, 0.3) is 0 Å². The maximum Gasteiger partial charge on any atom is 0.327 e. The molecule has 1 aromatic rings. The van der Waals surface area contributed by atoms with Gasteiger partial charge in [-0.25, -0.2) is 10.1 Å². The maximum atomic E-state index is 12.5. The van der Waals surface area contributed by atoms with Crippen molar-refractivity contribution in [2.45, 2.75) is 32.6 Å². The van der Waals surface area contributed by atoms with Crippen LogP contribution in [0.3, 0.4) is 0 Å². The molecule has 0 aromatic carbocycles. The third-order valence-corrected chi connectivity index (χ3v) is 6.60. The van der Waals surface area contributed by atoms with Crippen molar-refractivity contribution < 1.29 is 9.09 Å². The molecule has 1 heterocycles. The zero-order chi connectivity index (χ0) is 14.5.